The Morgan fingerprint density at radius 3 is 2.45 bits per heavy atom. The van der Waals surface area contributed by atoms with Crippen molar-refractivity contribution in [2.45, 2.75) is 38.3 Å². The largest absolute Gasteiger partial charge is 0.348 e. The molecule has 0 saturated carbocycles. The number of aryl methyl sites for hydroxylation is 1. The zero-order valence-corrected chi connectivity index (χ0v) is 16.4. The lowest BCUT2D eigenvalue weighted by atomic mass is 9.93. The number of urea groups is 1. The molecule has 0 spiro atoms. The van der Waals surface area contributed by atoms with E-state index in [1.807, 2.05) is 30.3 Å². The van der Waals surface area contributed by atoms with Crippen LogP contribution in [0.3, 0.4) is 0 Å². The van der Waals surface area contributed by atoms with Gasteiger partial charge in [0.1, 0.15) is 17.9 Å². The Balaban J connectivity index is 1.58. The smallest absolute Gasteiger partial charge is 0.325 e. The summed E-state index contributed by atoms with van der Waals surface area (Å²) < 4.78 is 13.0. The zero-order chi connectivity index (χ0) is 21.0. The number of nitrogens with one attached hydrogen (secondary N) is 2. The maximum atomic E-state index is 13.0. The molecule has 152 valence electrons. The first-order valence-corrected chi connectivity index (χ1v) is 9.51. The monoisotopic (exact) mass is 397 g/mol. The minimum atomic E-state index is -1.05. The second-order valence-electron chi connectivity index (χ2n) is 7.48. The third-order valence-corrected chi connectivity index (χ3v) is 5.15. The van der Waals surface area contributed by atoms with E-state index in [1.165, 1.54) is 12.1 Å². The van der Waals surface area contributed by atoms with Crippen molar-refractivity contribution in [2.24, 2.45) is 0 Å². The van der Waals surface area contributed by atoms with Gasteiger partial charge in [-0.2, -0.15) is 0 Å². The number of rotatable bonds is 7. The maximum absolute atomic E-state index is 13.0. The summed E-state index contributed by atoms with van der Waals surface area (Å²) in [4.78, 5) is 38.4. The molecule has 0 bridgehead atoms. The summed E-state index contributed by atoms with van der Waals surface area (Å²) in [5, 5.41) is 5.45. The van der Waals surface area contributed by atoms with Gasteiger partial charge in [-0.1, -0.05) is 42.5 Å². The molecule has 2 N–H and O–H groups in total. The van der Waals surface area contributed by atoms with Crippen molar-refractivity contribution in [3.05, 3.63) is 71.5 Å². The quantitative estimate of drug-likeness (QED) is 0.705. The molecule has 7 heteroatoms. The highest BCUT2D eigenvalue weighted by molar-refractivity contribution is 6.08. The fourth-order valence-corrected chi connectivity index (χ4v) is 3.36. The minimum Gasteiger partial charge on any atom is -0.348 e. The van der Waals surface area contributed by atoms with Crippen molar-refractivity contribution in [3.63, 3.8) is 0 Å². The Kier molecular flexibility index (Phi) is 5.96. The number of hydrogen-bond acceptors (Lipinski definition) is 3. The van der Waals surface area contributed by atoms with Gasteiger partial charge >= 0.3 is 6.03 Å². The number of carbonyl (C=O) groups excluding carboxylic acids is 3. The summed E-state index contributed by atoms with van der Waals surface area (Å²) in [5.41, 5.74) is 0.750. The van der Waals surface area contributed by atoms with Gasteiger partial charge in [-0.15, -0.1) is 0 Å². The molecule has 29 heavy (non-hydrogen) atoms. The first-order valence-electron chi connectivity index (χ1n) is 9.51. The van der Waals surface area contributed by atoms with Gasteiger partial charge < -0.3 is 10.6 Å². The van der Waals surface area contributed by atoms with Gasteiger partial charge in [0.25, 0.3) is 5.91 Å². The van der Waals surface area contributed by atoms with Crippen LogP contribution in [0.15, 0.2) is 54.6 Å². The Bertz CT molecular complexity index is 901. The molecule has 0 unspecified atom stereocenters. The van der Waals surface area contributed by atoms with Gasteiger partial charge in [0.2, 0.25) is 5.91 Å². The van der Waals surface area contributed by atoms with Crippen LogP contribution in [0.4, 0.5) is 9.18 Å². The molecule has 1 fully saturated rings. The molecular weight excluding hydrogens is 373 g/mol. The molecule has 6 nitrogen and oxygen atoms in total. The van der Waals surface area contributed by atoms with Gasteiger partial charge in [0.05, 0.1) is 6.04 Å². The number of nitrogens with zero attached hydrogens (tertiary/aromatic N) is 1. The van der Waals surface area contributed by atoms with Gasteiger partial charge in [-0.3, -0.25) is 14.5 Å². The van der Waals surface area contributed by atoms with Gasteiger partial charge in [-0.05, 0) is 49.9 Å². The van der Waals surface area contributed by atoms with Crippen LogP contribution >= 0.6 is 0 Å². The lowest BCUT2D eigenvalue weighted by Gasteiger charge is -2.22. The summed E-state index contributed by atoms with van der Waals surface area (Å²) in [5.74, 6) is -1.23. The number of halogens is 1. The third-order valence-electron chi connectivity index (χ3n) is 5.15. The molecule has 1 aliphatic heterocycles. The van der Waals surface area contributed by atoms with Crippen molar-refractivity contribution in [1.82, 2.24) is 15.5 Å². The van der Waals surface area contributed by atoms with E-state index in [2.05, 4.69) is 10.6 Å². The number of benzene rings is 2. The summed E-state index contributed by atoms with van der Waals surface area (Å²) in [6.07, 6.45) is 1.07. The molecule has 1 saturated heterocycles. The lowest BCUT2D eigenvalue weighted by molar-refractivity contribution is -0.134. The minimum absolute atomic E-state index is 0.360. The van der Waals surface area contributed by atoms with Crippen LogP contribution in [-0.4, -0.2) is 34.8 Å². The standard InChI is InChI=1S/C22H24FN3O3/c1-15(17-8-10-18(23)11-9-17)24-19(27)14-26-20(28)22(2,25-21(26)29)13-12-16-6-4-3-5-7-16/h3-11,15H,12-14H2,1-2H3,(H,24,27)(H,25,29)/t15-,22-/m1/s1. The topological polar surface area (TPSA) is 78.5 Å². The Morgan fingerprint density at radius 1 is 1.14 bits per heavy atom. The fraction of sp³-hybridized carbons (Fsp3) is 0.318. The first-order chi connectivity index (χ1) is 13.8. The van der Waals surface area contributed by atoms with Gasteiger partial charge in [-0.25, -0.2) is 9.18 Å². The van der Waals surface area contributed by atoms with Gasteiger partial charge in [0, 0.05) is 0 Å². The summed E-state index contributed by atoms with van der Waals surface area (Å²) in [6, 6.07) is 14.5. The third kappa shape index (κ3) is 4.80. The highest BCUT2D eigenvalue weighted by atomic mass is 19.1. The van der Waals surface area contributed by atoms with Crippen LogP contribution in [0.5, 0.6) is 0 Å². The van der Waals surface area contributed by atoms with E-state index in [0.29, 0.717) is 12.8 Å². The van der Waals surface area contributed by atoms with Crippen LogP contribution in [0.1, 0.15) is 37.4 Å². The second kappa shape index (κ2) is 8.43. The molecule has 0 aromatic heterocycles. The molecule has 2 atom stereocenters. The van der Waals surface area contributed by atoms with Crippen LogP contribution < -0.4 is 10.6 Å². The van der Waals surface area contributed by atoms with Crippen molar-refractivity contribution in [2.75, 3.05) is 6.54 Å². The van der Waals surface area contributed by atoms with Crippen LogP contribution in [-0.2, 0) is 16.0 Å². The normalized spacial score (nSPS) is 19.8. The van der Waals surface area contributed by atoms with Crippen molar-refractivity contribution >= 4 is 17.8 Å². The van der Waals surface area contributed by atoms with Gasteiger partial charge in [0.15, 0.2) is 0 Å². The average Bonchev–Trinajstić information content (AvgIpc) is 2.91. The molecule has 2 aromatic carbocycles. The first kappa shape index (κ1) is 20.5. The van der Waals surface area contributed by atoms with Crippen LogP contribution in [0.25, 0.3) is 0 Å². The molecule has 1 aliphatic rings. The van der Waals surface area contributed by atoms with E-state index in [-0.39, 0.29) is 18.4 Å². The Labute approximate surface area is 169 Å². The van der Waals surface area contributed by atoms with E-state index in [9.17, 15) is 18.8 Å². The van der Waals surface area contributed by atoms with E-state index in [1.54, 1.807) is 26.0 Å². The van der Waals surface area contributed by atoms with E-state index in [4.69, 9.17) is 0 Å². The molecule has 2 aromatic rings. The molecule has 4 amide bonds. The lowest BCUT2D eigenvalue weighted by Crippen LogP contribution is -2.45. The Hall–Kier alpha value is -3.22. The van der Waals surface area contributed by atoms with Crippen molar-refractivity contribution < 1.29 is 18.8 Å². The highest BCUT2D eigenvalue weighted by Gasteiger charge is 2.47. The fourth-order valence-electron chi connectivity index (χ4n) is 3.36. The molecule has 3 rings (SSSR count). The predicted molar refractivity (Wildman–Crippen MR) is 106 cm³/mol. The van der Waals surface area contributed by atoms with E-state index < -0.39 is 23.4 Å². The number of imide groups is 1. The average molecular weight is 397 g/mol. The molecule has 0 radical (unpaired) electrons. The van der Waals surface area contributed by atoms with Crippen LogP contribution in [0, 0.1) is 5.82 Å². The van der Waals surface area contributed by atoms with E-state index in [0.717, 1.165) is 16.0 Å². The second-order valence-corrected chi connectivity index (χ2v) is 7.48. The number of carbonyl (C=O) groups is 3. The van der Waals surface area contributed by atoms with Crippen molar-refractivity contribution in [1.29, 1.82) is 0 Å². The maximum Gasteiger partial charge on any atom is 0.325 e. The molecule has 1 heterocycles. The number of amides is 4. The van der Waals surface area contributed by atoms with Crippen LogP contribution in [0.2, 0.25) is 0 Å². The summed E-state index contributed by atoms with van der Waals surface area (Å²) in [6.45, 7) is 3.06. The summed E-state index contributed by atoms with van der Waals surface area (Å²) >= 11 is 0. The highest BCUT2D eigenvalue weighted by Crippen LogP contribution is 2.23. The zero-order valence-electron chi connectivity index (χ0n) is 16.4. The number of hydrogen-bond donors (Lipinski definition) is 2. The van der Waals surface area contributed by atoms with Crippen molar-refractivity contribution in [3.8, 4) is 0 Å². The molecular formula is C22H24FN3O3. The van der Waals surface area contributed by atoms with E-state index >= 15 is 0 Å². The SMILES string of the molecule is C[C@@H](NC(=O)CN1C(=O)N[C@](C)(CCc2ccccc2)C1=O)c1ccc(F)cc1. The predicted octanol–water partition coefficient (Wildman–Crippen LogP) is 2.95. The summed E-state index contributed by atoms with van der Waals surface area (Å²) in [7, 11) is 0. The Morgan fingerprint density at radius 2 is 1.79 bits per heavy atom. The molecule has 0 aliphatic carbocycles.